The highest BCUT2D eigenvalue weighted by molar-refractivity contribution is 5.94. The molecule has 9 nitrogen and oxygen atoms in total. The summed E-state index contributed by atoms with van der Waals surface area (Å²) in [6, 6.07) is 17.8. The molecule has 2 aromatic carbocycles. The lowest BCUT2D eigenvalue weighted by atomic mass is 9.88. The van der Waals surface area contributed by atoms with Crippen LogP contribution in [-0.2, 0) is 33.0 Å². The minimum absolute atomic E-state index is 0.138. The number of nitrogens with one attached hydrogen (secondary N) is 1. The average molecular weight is 547 g/mol. The van der Waals surface area contributed by atoms with Gasteiger partial charge in [0, 0.05) is 37.7 Å². The Morgan fingerprint density at radius 1 is 1.13 bits per heavy atom. The van der Waals surface area contributed by atoms with Gasteiger partial charge in [0.2, 0.25) is 0 Å². The Morgan fingerprint density at radius 2 is 1.77 bits per heavy atom. The first-order valence-corrected chi connectivity index (χ1v) is 12.3. The molecule has 208 valence electrons. The minimum atomic E-state index is -5.08. The number of imidazole rings is 1. The first-order valence-electron chi connectivity index (χ1n) is 12.3. The Kier molecular flexibility index (Phi) is 8.56. The van der Waals surface area contributed by atoms with E-state index in [0.717, 1.165) is 49.7 Å². The molecule has 1 saturated heterocycles. The third kappa shape index (κ3) is 6.95. The number of halogens is 3. The van der Waals surface area contributed by atoms with E-state index in [-0.39, 0.29) is 5.91 Å². The summed E-state index contributed by atoms with van der Waals surface area (Å²) in [7, 11) is 1.62. The molecule has 12 heteroatoms. The number of carbonyl (C=O) groups is 2. The summed E-state index contributed by atoms with van der Waals surface area (Å²) < 4.78 is 45.5. The van der Waals surface area contributed by atoms with E-state index in [1.54, 1.807) is 13.3 Å². The van der Waals surface area contributed by atoms with Crippen molar-refractivity contribution in [1.29, 1.82) is 0 Å². The molecule has 1 aromatic heterocycles. The van der Waals surface area contributed by atoms with Crippen LogP contribution in [0.15, 0.2) is 67.0 Å². The standard InChI is InChI=1S/C25H28N4O3.C2HF3O2/c1-31-21-9-7-20(8-10-21)27-23(30)22-18-29-16-13-26-24(29)25(32-22)11-14-28(15-12-25)17-19-5-3-2-4-6-19;3-2(4,5)1(6)7/h2-10,13,16,22H,11-12,14-15,17-18H2,1H3,(H,27,30);(H,6,7). The van der Waals surface area contributed by atoms with Gasteiger partial charge in [0.25, 0.3) is 5.91 Å². The van der Waals surface area contributed by atoms with Crippen molar-refractivity contribution in [3.63, 3.8) is 0 Å². The number of ether oxygens (including phenoxy) is 2. The predicted octanol–water partition coefficient (Wildman–Crippen LogP) is 4.05. The summed E-state index contributed by atoms with van der Waals surface area (Å²) in [5, 5.41) is 10.1. The molecule has 1 unspecified atom stereocenters. The van der Waals surface area contributed by atoms with Gasteiger partial charge in [-0.3, -0.25) is 9.69 Å². The van der Waals surface area contributed by atoms with Crippen molar-refractivity contribution in [3.05, 3.63) is 78.4 Å². The second-order valence-corrected chi connectivity index (χ2v) is 9.29. The van der Waals surface area contributed by atoms with E-state index in [1.165, 1.54) is 5.56 Å². The molecule has 3 aromatic rings. The fraction of sp³-hybridized carbons (Fsp3) is 0.370. The van der Waals surface area contributed by atoms with Crippen LogP contribution >= 0.6 is 0 Å². The molecule has 2 N–H and O–H groups in total. The Labute approximate surface area is 223 Å². The van der Waals surface area contributed by atoms with Gasteiger partial charge in [-0.05, 0) is 42.7 Å². The summed E-state index contributed by atoms with van der Waals surface area (Å²) >= 11 is 0. The molecule has 3 heterocycles. The third-order valence-electron chi connectivity index (χ3n) is 6.66. The highest BCUT2D eigenvalue weighted by atomic mass is 19.4. The fourth-order valence-electron chi connectivity index (χ4n) is 4.69. The van der Waals surface area contributed by atoms with Crippen molar-refractivity contribution in [2.45, 2.75) is 43.8 Å². The van der Waals surface area contributed by atoms with Gasteiger partial charge < -0.3 is 24.5 Å². The molecule has 2 aliphatic rings. The number of aliphatic carboxylic acids is 1. The van der Waals surface area contributed by atoms with Crippen LogP contribution < -0.4 is 10.1 Å². The Hall–Kier alpha value is -3.90. The predicted molar refractivity (Wildman–Crippen MR) is 135 cm³/mol. The third-order valence-corrected chi connectivity index (χ3v) is 6.66. The van der Waals surface area contributed by atoms with E-state index in [9.17, 15) is 18.0 Å². The fourth-order valence-corrected chi connectivity index (χ4v) is 4.69. The molecule has 0 saturated carbocycles. The lowest BCUT2D eigenvalue weighted by Crippen LogP contribution is -2.53. The molecule has 0 bridgehead atoms. The lowest BCUT2D eigenvalue weighted by molar-refractivity contribution is -0.192. The smallest absolute Gasteiger partial charge is 0.490 e. The number of rotatable bonds is 5. The number of carbonyl (C=O) groups excluding carboxylic acids is 1. The quantitative estimate of drug-likeness (QED) is 0.497. The molecule has 1 fully saturated rings. The number of piperidine rings is 1. The number of likely N-dealkylation sites (tertiary alicyclic amines) is 1. The van der Waals surface area contributed by atoms with Crippen LogP contribution in [0.25, 0.3) is 0 Å². The number of hydrogen-bond acceptors (Lipinski definition) is 6. The van der Waals surface area contributed by atoms with Crippen molar-refractivity contribution in [2.24, 2.45) is 0 Å². The maximum Gasteiger partial charge on any atom is 0.490 e. The number of carboxylic acids is 1. The highest BCUT2D eigenvalue weighted by Gasteiger charge is 2.47. The molecule has 0 radical (unpaired) electrons. The number of fused-ring (bicyclic) bond motifs is 2. The van der Waals surface area contributed by atoms with Gasteiger partial charge in [0.05, 0.1) is 13.7 Å². The van der Waals surface area contributed by atoms with Crippen LogP contribution in [-0.4, -0.2) is 63.9 Å². The van der Waals surface area contributed by atoms with Crippen LogP contribution in [0, 0.1) is 0 Å². The zero-order valence-corrected chi connectivity index (χ0v) is 21.2. The maximum atomic E-state index is 13.1. The Bertz CT molecular complexity index is 1260. The number of amides is 1. The summed E-state index contributed by atoms with van der Waals surface area (Å²) in [5.41, 5.74) is 1.51. The van der Waals surface area contributed by atoms with E-state index in [1.807, 2.05) is 36.5 Å². The second-order valence-electron chi connectivity index (χ2n) is 9.29. The van der Waals surface area contributed by atoms with E-state index in [0.29, 0.717) is 6.54 Å². The normalized spacial score (nSPS) is 18.4. The van der Waals surface area contributed by atoms with Crippen LogP contribution in [0.3, 0.4) is 0 Å². The van der Waals surface area contributed by atoms with E-state index >= 15 is 0 Å². The van der Waals surface area contributed by atoms with Gasteiger partial charge in [0.1, 0.15) is 17.2 Å². The van der Waals surface area contributed by atoms with Crippen LogP contribution in [0.5, 0.6) is 5.75 Å². The lowest BCUT2D eigenvalue weighted by Gasteiger charge is -2.45. The molecule has 1 spiro atoms. The van der Waals surface area contributed by atoms with Crippen LogP contribution in [0.1, 0.15) is 24.2 Å². The van der Waals surface area contributed by atoms with Gasteiger partial charge in [-0.15, -0.1) is 0 Å². The number of anilines is 1. The molecule has 1 atom stereocenters. The van der Waals surface area contributed by atoms with Crippen LogP contribution in [0.2, 0.25) is 0 Å². The molecular weight excluding hydrogens is 517 g/mol. The van der Waals surface area contributed by atoms with Gasteiger partial charge in [-0.1, -0.05) is 30.3 Å². The van der Waals surface area contributed by atoms with Crippen molar-refractivity contribution in [2.75, 3.05) is 25.5 Å². The number of benzene rings is 2. The van der Waals surface area contributed by atoms with E-state index < -0.39 is 23.9 Å². The summed E-state index contributed by atoms with van der Waals surface area (Å²) in [6.07, 6.45) is -0.282. The topological polar surface area (TPSA) is 106 Å². The number of nitrogens with zero attached hydrogens (tertiary/aromatic N) is 3. The monoisotopic (exact) mass is 546 g/mol. The van der Waals surface area contributed by atoms with E-state index in [2.05, 4.69) is 44.0 Å². The van der Waals surface area contributed by atoms with Gasteiger partial charge in [0.15, 0.2) is 6.10 Å². The number of hydrogen-bond donors (Lipinski definition) is 2. The van der Waals surface area contributed by atoms with Gasteiger partial charge in [-0.2, -0.15) is 13.2 Å². The zero-order chi connectivity index (χ0) is 28.0. The molecule has 2 aliphatic heterocycles. The first kappa shape index (κ1) is 28.1. The van der Waals surface area contributed by atoms with Crippen molar-refractivity contribution in [3.8, 4) is 5.75 Å². The summed E-state index contributed by atoms with van der Waals surface area (Å²) in [5.74, 6) is -1.21. The average Bonchev–Trinajstić information content (AvgIpc) is 3.41. The van der Waals surface area contributed by atoms with Crippen molar-refractivity contribution in [1.82, 2.24) is 14.5 Å². The Balaban J connectivity index is 0.000000448. The molecular formula is C27H29F3N4O5. The first-order chi connectivity index (χ1) is 18.6. The van der Waals surface area contributed by atoms with Crippen molar-refractivity contribution < 1.29 is 37.3 Å². The van der Waals surface area contributed by atoms with Crippen LogP contribution in [0.4, 0.5) is 18.9 Å². The number of carboxylic acid groups (broad SMARTS) is 1. The maximum absolute atomic E-state index is 13.1. The number of methoxy groups -OCH3 is 1. The SMILES string of the molecule is COc1ccc(NC(=O)C2Cn3ccnc3C3(CCN(Cc4ccccc4)CC3)O2)cc1.O=C(O)C(F)(F)F. The molecule has 39 heavy (non-hydrogen) atoms. The highest BCUT2D eigenvalue weighted by Crippen LogP contribution is 2.40. The second kappa shape index (κ2) is 11.9. The molecule has 1 amide bonds. The number of alkyl halides is 3. The van der Waals surface area contributed by atoms with Gasteiger partial charge >= 0.3 is 12.1 Å². The zero-order valence-electron chi connectivity index (χ0n) is 21.2. The van der Waals surface area contributed by atoms with Crippen molar-refractivity contribution >= 4 is 17.6 Å². The van der Waals surface area contributed by atoms with E-state index in [4.69, 9.17) is 19.4 Å². The van der Waals surface area contributed by atoms with Gasteiger partial charge in [-0.25, -0.2) is 9.78 Å². The minimum Gasteiger partial charge on any atom is -0.497 e. The molecule has 5 rings (SSSR count). The largest absolute Gasteiger partial charge is 0.497 e. The molecule has 0 aliphatic carbocycles. The summed E-state index contributed by atoms with van der Waals surface area (Å²) in [4.78, 5) is 29.0. The summed E-state index contributed by atoms with van der Waals surface area (Å²) in [6.45, 7) is 3.18. The number of aromatic nitrogens is 2. The Morgan fingerprint density at radius 3 is 2.36 bits per heavy atom.